The predicted molar refractivity (Wildman–Crippen MR) is 102 cm³/mol. The molecule has 4 nitrogen and oxygen atoms in total. The molecule has 0 bridgehead atoms. The number of hydrogen-bond donors (Lipinski definition) is 0. The molecular weight excluding hydrogens is 338 g/mol. The molecule has 0 spiro atoms. The van der Waals surface area contributed by atoms with E-state index in [4.69, 9.17) is 9.47 Å². The van der Waals surface area contributed by atoms with Gasteiger partial charge in [-0.2, -0.15) is 5.26 Å². The van der Waals surface area contributed by atoms with Crippen molar-refractivity contribution in [2.75, 3.05) is 6.61 Å². The molecule has 1 aliphatic carbocycles. The van der Waals surface area contributed by atoms with Gasteiger partial charge in [0, 0.05) is 11.1 Å². The number of fused-ring (bicyclic) bond motifs is 2. The van der Waals surface area contributed by atoms with Crippen molar-refractivity contribution in [2.24, 2.45) is 5.92 Å². The quantitative estimate of drug-likeness (QED) is 0.717. The number of para-hydroxylation sites is 1. The van der Waals surface area contributed by atoms with Crippen LogP contribution in [-0.2, 0) is 4.74 Å². The van der Waals surface area contributed by atoms with Crippen LogP contribution in [0.2, 0.25) is 0 Å². The molecule has 27 heavy (non-hydrogen) atoms. The van der Waals surface area contributed by atoms with Crippen molar-refractivity contribution in [1.29, 1.82) is 5.26 Å². The zero-order chi connectivity index (χ0) is 18.8. The Balaban J connectivity index is 1.84. The summed E-state index contributed by atoms with van der Waals surface area (Å²) in [6.07, 6.45) is 5.18. The Kier molecular flexibility index (Phi) is 4.68. The number of nitriles is 1. The smallest absolute Gasteiger partial charge is 0.338 e. The molecule has 2 aliphatic rings. The van der Waals surface area contributed by atoms with E-state index < -0.39 is 5.92 Å². The summed E-state index contributed by atoms with van der Waals surface area (Å²) >= 11 is 0. The molecule has 2 aromatic carbocycles. The molecule has 1 saturated carbocycles. The Morgan fingerprint density at radius 2 is 2.07 bits per heavy atom. The summed E-state index contributed by atoms with van der Waals surface area (Å²) in [5.74, 6) is 1.13. The van der Waals surface area contributed by atoms with Gasteiger partial charge in [-0.15, -0.1) is 0 Å². The number of esters is 1. The number of benzene rings is 2. The lowest BCUT2D eigenvalue weighted by molar-refractivity contribution is 0.0505. The fourth-order valence-corrected chi connectivity index (χ4v) is 3.32. The zero-order valence-corrected chi connectivity index (χ0v) is 15.3. The second-order valence-corrected chi connectivity index (χ2v) is 7.01. The number of nitrogens with zero attached hydrogens (tertiary/aromatic N) is 1. The Labute approximate surface area is 159 Å². The first kappa shape index (κ1) is 17.4. The molecule has 0 saturated heterocycles. The van der Waals surface area contributed by atoms with Crippen LogP contribution in [0.5, 0.6) is 5.75 Å². The first-order valence-electron chi connectivity index (χ1n) is 9.41. The monoisotopic (exact) mass is 359 g/mol. The number of allylic oxidation sites excluding steroid dienone is 1. The summed E-state index contributed by atoms with van der Waals surface area (Å²) in [7, 11) is 0. The first-order valence-corrected chi connectivity index (χ1v) is 9.41. The van der Waals surface area contributed by atoms with E-state index >= 15 is 0 Å². The van der Waals surface area contributed by atoms with Crippen LogP contribution in [0.15, 0.2) is 48.5 Å². The third-order valence-corrected chi connectivity index (χ3v) is 4.89. The molecule has 1 aliphatic heterocycles. The zero-order valence-electron chi connectivity index (χ0n) is 15.3. The van der Waals surface area contributed by atoms with Gasteiger partial charge in [0.2, 0.25) is 0 Å². The molecule has 4 heteroatoms. The minimum atomic E-state index is -0.443. The van der Waals surface area contributed by atoms with Crippen molar-refractivity contribution >= 4 is 11.7 Å². The maximum Gasteiger partial charge on any atom is 0.338 e. The highest BCUT2D eigenvalue weighted by molar-refractivity contribution is 5.91. The van der Waals surface area contributed by atoms with Crippen LogP contribution >= 0.6 is 0 Å². The fraction of sp³-hybridized carbons (Fsp3) is 0.304. The highest BCUT2D eigenvalue weighted by Crippen LogP contribution is 2.43. The summed E-state index contributed by atoms with van der Waals surface area (Å²) < 4.78 is 11.5. The van der Waals surface area contributed by atoms with Crippen molar-refractivity contribution in [1.82, 2.24) is 0 Å². The van der Waals surface area contributed by atoms with Crippen LogP contribution in [0.1, 0.15) is 59.2 Å². The maximum absolute atomic E-state index is 12.3. The van der Waals surface area contributed by atoms with Crippen molar-refractivity contribution in [3.05, 3.63) is 70.8 Å². The molecule has 0 N–H and O–H groups in total. The van der Waals surface area contributed by atoms with Gasteiger partial charge in [0.25, 0.3) is 0 Å². The molecule has 1 atom stereocenters. The van der Waals surface area contributed by atoms with E-state index in [1.165, 1.54) is 0 Å². The first-order chi connectivity index (χ1) is 13.2. The van der Waals surface area contributed by atoms with Gasteiger partial charge in [-0.25, -0.2) is 4.79 Å². The van der Waals surface area contributed by atoms with Crippen LogP contribution in [0.4, 0.5) is 0 Å². The Morgan fingerprint density at radius 3 is 2.81 bits per heavy atom. The highest BCUT2D eigenvalue weighted by atomic mass is 16.5. The molecule has 1 heterocycles. The van der Waals surface area contributed by atoms with Gasteiger partial charge in [0.15, 0.2) is 0 Å². The van der Waals surface area contributed by atoms with Crippen molar-refractivity contribution in [3.63, 3.8) is 0 Å². The second kappa shape index (κ2) is 7.28. The van der Waals surface area contributed by atoms with E-state index in [-0.39, 0.29) is 5.97 Å². The number of hydrogen-bond acceptors (Lipinski definition) is 4. The lowest BCUT2D eigenvalue weighted by Gasteiger charge is -2.13. The summed E-state index contributed by atoms with van der Waals surface area (Å²) in [6.45, 7) is 2.35. The number of rotatable bonds is 4. The van der Waals surface area contributed by atoms with Gasteiger partial charge >= 0.3 is 5.97 Å². The van der Waals surface area contributed by atoms with E-state index in [1.54, 1.807) is 12.1 Å². The van der Waals surface area contributed by atoms with E-state index in [0.717, 1.165) is 41.7 Å². The Bertz CT molecular complexity index is 950. The van der Waals surface area contributed by atoms with Crippen molar-refractivity contribution in [3.8, 4) is 11.8 Å². The normalized spacial score (nSPS) is 19.3. The second-order valence-electron chi connectivity index (χ2n) is 7.01. The number of carbonyl (C=O) groups is 1. The summed E-state index contributed by atoms with van der Waals surface area (Å²) in [5, 5.41) is 9.87. The summed E-state index contributed by atoms with van der Waals surface area (Å²) in [6, 6.07) is 15.4. The molecule has 2 aromatic rings. The molecule has 1 unspecified atom stereocenters. The largest absolute Gasteiger partial charge is 0.462 e. The molecular formula is C23H21NO3. The lowest BCUT2D eigenvalue weighted by atomic mass is 9.88. The lowest BCUT2D eigenvalue weighted by Crippen LogP contribution is -2.08. The van der Waals surface area contributed by atoms with Gasteiger partial charge in [-0.05, 0) is 55.0 Å². The van der Waals surface area contributed by atoms with Crippen molar-refractivity contribution in [2.45, 2.75) is 32.1 Å². The average molecular weight is 359 g/mol. The Morgan fingerprint density at radius 1 is 1.26 bits per heavy atom. The van der Waals surface area contributed by atoms with Crippen molar-refractivity contribution < 1.29 is 14.3 Å². The summed E-state index contributed by atoms with van der Waals surface area (Å²) in [5.41, 5.74) is 2.99. The molecule has 1 fully saturated rings. The number of carbonyl (C=O) groups excluding carboxylic acids is 1. The molecule has 136 valence electrons. The standard InChI is InChI=1S/C23H21NO3/c1-2-11-26-23(25)16-9-10-17-19(13-16)22(12-15-7-8-15)27-21-6-4-3-5-18(21)20(17)14-24/h3-6,9-10,12-13,15,20H,2,7-8,11H2,1H3/b22-12+. The summed E-state index contributed by atoms with van der Waals surface area (Å²) in [4.78, 5) is 12.3. The van der Waals surface area contributed by atoms with E-state index in [2.05, 4.69) is 12.1 Å². The van der Waals surface area contributed by atoms with Gasteiger partial charge < -0.3 is 9.47 Å². The minimum absolute atomic E-state index is 0.347. The van der Waals surface area contributed by atoms with E-state index in [0.29, 0.717) is 23.8 Å². The van der Waals surface area contributed by atoms with Gasteiger partial charge in [-0.1, -0.05) is 31.2 Å². The van der Waals surface area contributed by atoms with Crippen LogP contribution in [-0.4, -0.2) is 12.6 Å². The molecule has 0 amide bonds. The average Bonchev–Trinajstić information content (AvgIpc) is 3.52. The maximum atomic E-state index is 12.3. The van der Waals surface area contributed by atoms with Crippen LogP contribution in [0.3, 0.4) is 0 Å². The Hall–Kier alpha value is -3.06. The third kappa shape index (κ3) is 3.46. The fourth-order valence-electron chi connectivity index (χ4n) is 3.32. The third-order valence-electron chi connectivity index (χ3n) is 4.89. The SMILES string of the molecule is CCCOC(=O)c1ccc2c(c1)/C(=C\C1CC1)Oc1ccccc1C2C#N. The van der Waals surface area contributed by atoms with Crippen LogP contribution in [0, 0.1) is 17.2 Å². The van der Waals surface area contributed by atoms with Gasteiger partial charge in [-0.3, -0.25) is 0 Å². The topological polar surface area (TPSA) is 59.3 Å². The van der Waals surface area contributed by atoms with Crippen LogP contribution < -0.4 is 4.74 Å². The van der Waals surface area contributed by atoms with Gasteiger partial charge in [0.1, 0.15) is 17.4 Å². The van der Waals surface area contributed by atoms with E-state index in [9.17, 15) is 10.1 Å². The van der Waals surface area contributed by atoms with Gasteiger partial charge in [0.05, 0.1) is 18.2 Å². The van der Waals surface area contributed by atoms with E-state index in [1.807, 2.05) is 37.3 Å². The molecule has 0 radical (unpaired) electrons. The molecule has 0 aromatic heterocycles. The van der Waals surface area contributed by atoms with Crippen LogP contribution in [0.25, 0.3) is 5.76 Å². The number of ether oxygens (including phenoxy) is 2. The molecule has 4 rings (SSSR count). The predicted octanol–water partition coefficient (Wildman–Crippen LogP) is 5.05. The minimum Gasteiger partial charge on any atom is -0.462 e. The highest BCUT2D eigenvalue weighted by Gasteiger charge is 2.30.